The Kier molecular flexibility index (Phi) is 7.53. The molecule has 162 valence electrons. The normalized spacial score (nSPS) is 15.8. The van der Waals surface area contributed by atoms with Crippen LogP contribution in [0.3, 0.4) is 0 Å². The van der Waals surface area contributed by atoms with Crippen molar-refractivity contribution in [2.45, 2.75) is 46.6 Å². The molecule has 0 fully saturated rings. The molecule has 0 bridgehead atoms. The quantitative estimate of drug-likeness (QED) is 0.624. The summed E-state index contributed by atoms with van der Waals surface area (Å²) in [6.07, 6.45) is 1.26. The van der Waals surface area contributed by atoms with Crippen LogP contribution in [-0.2, 0) is 16.0 Å². The summed E-state index contributed by atoms with van der Waals surface area (Å²) in [5.41, 5.74) is 2.35. The fourth-order valence-electron chi connectivity index (χ4n) is 3.86. The first-order valence-corrected chi connectivity index (χ1v) is 11.6. The highest BCUT2D eigenvalue weighted by molar-refractivity contribution is 7.10. The molecule has 30 heavy (non-hydrogen) atoms. The lowest BCUT2D eigenvalue weighted by atomic mass is 10.00. The number of aryl methyl sites for hydroxylation is 1. The molecule has 6 heteroatoms. The number of thiophene rings is 1. The van der Waals surface area contributed by atoms with Crippen molar-refractivity contribution in [3.63, 3.8) is 0 Å². The molecule has 1 aliphatic rings. The van der Waals surface area contributed by atoms with Gasteiger partial charge in [0.15, 0.2) is 0 Å². The minimum atomic E-state index is -0.133. The van der Waals surface area contributed by atoms with E-state index < -0.39 is 0 Å². The van der Waals surface area contributed by atoms with Gasteiger partial charge in [-0.05, 0) is 48.4 Å². The minimum absolute atomic E-state index is 0.00759. The Hall–Kier alpha value is -2.34. The van der Waals surface area contributed by atoms with Gasteiger partial charge >= 0.3 is 0 Å². The van der Waals surface area contributed by atoms with Crippen LogP contribution in [0.15, 0.2) is 35.7 Å². The number of nitrogens with zero attached hydrogens (tertiary/aromatic N) is 2. The fraction of sp³-hybridized carbons (Fsp3) is 0.500. The van der Waals surface area contributed by atoms with E-state index in [1.165, 1.54) is 16.0 Å². The average molecular weight is 429 g/mol. The highest BCUT2D eigenvalue weighted by Crippen LogP contribution is 2.34. The molecule has 0 radical (unpaired) electrons. The van der Waals surface area contributed by atoms with Gasteiger partial charge in [0, 0.05) is 24.4 Å². The monoisotopic (exact) mass is 428 g/mol. The number of carbonyl (C=O) groups excluding carboxylic acids is 2. The molecular weight excluding hydrogens is 396 g/mol. The molecule has 0 N–H and O–H groups in total. The van der Waals surface area contributed by atoms with Gasteiger partial charge in [-0.1, -0.05) is 38.5 Å². The lowest BCUT2D eigenvalue weighted by Gasteiger charge is -2.37. The Morgan fingerprint density at radius 3 is 2.63 bits per heavy atom. The predicted molar refractivity (Wildman–Crippen MR) is 121 cm³/mol. The van der Waals surface area contributed by atoms with Crippen molar-refractivity contribution in [2.75, 3.05) is 26.2 Å². The highest BCUT2D eigenvalue weighted by Gasteiger charge is 2.33. The van der Waals surface area contributed by atoms with E-state index in [2.05, 4.69) is 25.3 Å². The maximum Gasteiger partial charge on any atom is 0.242 e. The molecule has 0 unspecified atom stereocenters. The largest absolute Gasteiger partial charge is 0.491 e. The standard InChI is InChI=1S/C24H32N2O3S/c1-5-23(27)25(14-17(2)3)15-24(28)26-12-10-22-20(11-13-30-22)21(26)16-29-19-8-6-18(4)7-9-19/h6-9,11,13,17,21H,5,10,12,14-16H2,1-4H3/t21-/m0/s1. The number of rotatable bonds is 8. The van der Waals surface area contributed by atoms with E-state index in [0.29, 0.717) is 32.0 Å². The van der Waals surface area contributed by atoms with Gasteiger partial charge in [0.25, 0.3) is 0 Å². The van der Waals surface area contributed by atoms with Crippen molar-refractivity contribution in [3.05, 3.63) is 51.7 Å². The zero-order valence-corrected chi connectivity index (χ0v) is 19.2. The van der Waals surface area contributed by atoms with Gasteiger partial charge < -0.3 is 14.5 Å². The van der Waals surface area contributed by atoms with Gasteiger partial charge in [-0.25, -0.2) is 0 Å². The van der Waals surface area contributed by atoms with Crippen LogP contribution in [0.25, 0.3) is 0 Å². The highest BCUT2D eigenvalue weighted by atomic mass is 32.1. The maximum atomic E-state index is 13.3. The molecule has 2 heterocycles. The molecule has 0 spiro atoms. The van der Waals surface area contributed by atoms with E-state index in [1.54, 1.807) is 16.2 Å². The third-order valence-corrected chi connectivity index (χ3v) is 6.41. The molecule has 1 aromatic heterocycles. The van der Waals surface area contributed by atoms with E-state index in [-0.39, 0.29) is 24.4 Å². The fourth-order valence-corrected chi connectivity index (χ4v) is 4.79. The maximum absolute atomic E-state index is 13.3. The van der Waals surface area contributed by atoms with Crippen molar-refractivity contribution < 1.29 is 14.3 Å². The second-order valence-electron chi connectivity index (χ2n) is 8.30. The van der Waals surface area contributed by atoms with E-state index >= 15 is 0 Å². The smallest absolute Gasteiger partial charge is 0.242 e. The summed E-state index contributed by atoms with van der Waals surface area (Å²) >= 11 is 1.74. The summed E-state index contributed by atoms with van der Waals surface area (Å²) in [6, 6.07) is 9.94. The van der Waals surface area contributed by atoms with Gasteiger partial charge in [-0.15, -0.1) is 11.3 Å². The van der Waals surface area contributed by atoms with E-state index in [4.69, 9.17) is 4.74 Å². The van der Waals surface area contributed by atoms with Crippen LogP contribution in [-0.4, -0.2) is 47.9 Å². The first-order chi connectivity index (χ1) is 14.4. The number of benzene rings is 1. The molecule has 3 rings (SSSR count). The van der Waals surface area contributed by atoms with Crippen LogP contribution in [0.4, 0.5) is 0 Å². The number of hydrogen-bond donors (Lipinski definition) is 0. The van der Waals surface area contributed by atoms with E-state index in [1.807, 2.05) is 43.0 Å². The lowest BCUT2D eigenvalue weighted by Crippen LogP contribution is -2.48. The van der Waals surface area contributed by atoms with Crippen molar-refractivity contribution in [2.24, 2.45) is 5.92 Å². The molecule has 2 aromatic rings. The number of hydrogen-bond acceptors (Lipinski definition) is 4. The van der Waals surface area contributed by atoms with Crippen molar-refractivity contribution >= 4 is 23.2 Å². The summed E-state index contributed by atoms with van der Waals surface area (Å²) < 4.78 is 6.08. The zero-order chi connectivity index (χ0) is 21.7. The Morgan fingerprint density at radius 2 is 1.97 bits per heavy atom. The summed E-state index contributed by atoms with van der Waals surface area (Å²) in [6.45, 7) is 9.81. The van der Waals surface area contributed by atoms with Crippen molar-refractivity contribution in [1.29, 1.82) is 0 Å². The molecule has 2 amide bonds. The Labute approximate surface area is 183 Å². The van der Waals surface area contributed by atoms with Crippen LogP contribution in [0, 0.1) is 12.8 Å². The Balaban J connectivity index is 1.76. The molecular formula is C24H32N2O3S. The summed E-state index contributed by atoms with van der Waals surface area (Å²) in [4.78, 5) is 30.6. The van der Waals surface area contributed by atoms with E-state index in [9.17, 15) is 9.59 Å². The topological polar surface area (TPSA) is 49.9 Å². The Bertz CT molecular complexity index is 860. The minimum Gasteiger partial charge on any atom is -0.491 e. The summed E-state index contributed by atoms with van der Waals surface area (Å²) in [5.74, 6) is 1.14. The van der Waals surface area contributed by atoms with Crippen LogP contribution in [0.1, 0.15) is 49.2 Å². The molecule has 0 saturated heterocycles. The summed E-state index contributed by atoms with van der Waals surface area (Å²) in [7, 11) is 0. The molecule has 0 aliphatic carbocycles. The van der Waals surface area contributed by atoms with Crippen molar-refractivity contribution in [3.8, 4) is 5.75 Å². The molecule has 1 aromatic carbocycles. The van der Waals surface area contributed by atoms with Crippen LogP contribution in [0.2, 0.25) is 0 Å². The predicted octanol–water partition coefficient (Wildman–Crippen LogP) is 4.46. The van der Waals surface area contributed by atoms with Gasteiger partial charge in [-0.2, -0.15) is 0 Å². The van der Waals surface area contributed by atoms with Crippen LogP contribution >= 0.6 is 11.3 Å². The SMILES string of the molecule is CCC(=O)N(CC(=O)N1CCc2sccc2[C@@H]1COc1ccc(C)cc1)CC(C)C. The average Bonchev–Trinajstić information content (AvgIpc) is 3.20. The first kappa shape index (κ1) is 22.3. The second kappa shape index (κ2) is 10.1. The number of amides is 2. The lowest BCUT2D eigenvalue weighted by molar-refractivity contribution is -0.143. The second-order valence-corrected chi connectivity index (χ2v) is 9.30. The molecule has 0 saturated carbocycles. The van der Waals surface area contributed by atoms with Gasteiger partial charge in [0.2, 0.25) is 11.8 Å². The van der Waals surface area contributed by atoms with Gasteiger partial charge in [0.1, 0.15) is 12.4 Å². The third kappa shape index (κ3) is 5.42. The number of ether oxygens (including phenoxy) is 1. The zero-order valence-electron chi connectivity index (χ0n) is 18.4. The van der Waals surface area contributed by atoms with Crippen LogP contribution < -0.4 is 4.74 Å². The molecule has 1 aliphatic heterocycles. The number of fused-ring (bicyclic) bond motifs is 1. The third-order valence-electron chi connectivity index (χ3n) is 5.41. The first-order valence-electron chi connectivity index (χ1n) is 10.7. The summed E-state index contributed by atoms with van der Waals surface area (Å²) in [5, 5.41) is 2.09. The van der Waals surface area contributed by atoms with Crippen LogP contribution in [0.5, 0.6) is 5.75 Å². The molecule has 5 nitrogen and oxygen atoms in total. The van der Waals surface area contributed by atoms with Crippen molar-refractivity contribution in [1.82, 2.24) is 9.80 Å². The van der Waals surface area contributed by atoms with Gasteiger partial charge in [-0.3, -0.25) is 9.59 Å². The van der Waals surface area contributed by atoms with Gasteiger partial charge in [0.05, 0.1) is 12.6 Å². The number of carbonyl (C=O) groups is 2. The molecule has 1 atom stereocenters. The van der Waals surface area contributed by atoms with E-state index in [0.717, 1.165) is 12.2 Å². The Morgan fingerprint density at radius 1 is 1.23 bits per heavy atom.